The highest BCUT2D eigenvalue weighted by molar-refractivity contribution is 9.10. The fourth-order valence-electron chi connectivity index (χ4n) is 3.09. The third kappa shape index (κ3) is 6.82. The van der Waals surface area contributed by atoms with Gasteiger partial charge in [-0.1, -0.05) is 57.0 Å². The van der Waals surface area contributed by atoms with E-state index >= 15 is 0 Å². The molecule has 0 bridgehead atoms. The summed E-state index contributed by atoms with van der Waals surface area (Å²) in [6.07, 6.45) is 0.0219. The molecule has 6 nitrogen and oxygen atoms in total. The summed E-state index contributed by atoms with van der Waals surface area (Å²) < 4.78 is 12.8. The zero-order valence-corrected chi connectivity index (χ0v) is 21.4. The maximum absolute atomic E-state index is 13.0. The van der Waals surface area contributed by atoms with Crippen molar-refractivity contribution < 1.29 is 19.1 Å². The number of nitrogens with one attached hydrogen (secondary N) is 2. The summed E-state index contributed by atoms with van der Waals surface area (Å²) in [4.78, 5) is 26.0. The Morgan fingerprint density at radius 1 is 0.848 bits per heavy atom. The number of rotatable bonds is 9. The Hall–Kier alpha value is -2.84. The molecule has 0 spiro atoms. The van der Waals surface area contributed by atoms with E-state index in [1.54, 1.807) is 61.7 Å². The highest BCUT2D eigenvalue weighted by atomic mass is 79.9. The molecule has 0 aliphatic heterocycles. The summed E-state index contributed by atoms with van der Waals surface area (Å²) in [5.41, 5.74) is 1.57. The Bertz CT molecular complexity index is 1080. The Balaban J connectivity index is 1.93. The van der Waals surface area contributed by atoms with Gasteiger partial charge in [0.2, 0.25) is 0 Å². The zero-order valence-electron chi connectivity index (χ0n) is 18.2. The van der Waals surface area contributed by atoms with E-state index in [-0.39, 0.29) is 11.8 Å². The first-order valence-corrected chi connectivity index (χ1v) is 11.9. The van der Waals surface area contributed by atoms with Crippen LogP contribution in [-0.4, -0.2) is 25.5 Å². The number of carbonyl (C=O) groups excluding carboxylic acids is 2. The highest BCUT2D eigenvalue weighted by Gasteiger charge is 2.21. The second-order valence-electron chi connectivity index (χ2n) is 7.16. The molecule has 3 aromatic carbocycles. The van der Waals surface area contributed by atoms with Crippen molar-refractivity contribution in [1.29, 1.82) is 0 Å². The van der Waals surface area contributed by atoms with Gasteiger partial charge in [-0.2, -0.15) is 0 Å². The lowest BCUT2D eigenvalue weighted by Crippen LogP contribution is -2.41. The lowest BCUT2D eigenvalue weighted by Gasteiger charge is -2.22. The molecule has 0 radical (unpaired) electrons. The molecular formula is C25H24Br2N2O4. The minimum absolute atomic E-state index is 0.331. The maximum Gasteiger partial charge on any atom is 0.253 e. The number of ether oxygens (including phenoxy) is 2. The van der Waals surface area contributed by atoms with Gasteiger partial charge in [-0.25, -0.2) is 0 Å². The van der Waals surface area contributed by atoms with E-state index in [1.165, 1.54) is 0 Å². The maximum atomic E-state index is 13.0. The Kier molecular flexibility index (Phi) is 8.91. The molecule has 3 rings (SSSR count). The van der Waals surface area contributed by atoms with Crippen LogP contribution in [0.3, 0.4) is 0 Å². The first kappa shape index (κ1) is 24.8. The van der Waals surface area contributed by atoms with Gasteiger partial charge in [0, 0.05) is 20.1 Å². The van der Waals surface area contributed by atoms with Crippen molar-refractivity contribution in [2.24, 2.45) is 0 Å². The van der Waals surface area contributed by atoms with Crippen LogP contribution < -0.4 is 20.1 Å². The average molecular weight is 576 g/mol. The molecule has 0 unspecified atom stereocenters. The second-order valence-corrected chi connectivity index (χ2v) is 8.99. The van der Waals surface area contributed by atoms with Gasteiger partial charge < -0.3 is 20.1 Å². The lowest BCUT2D eigenvalue weighted by molar-refractivity contribution is 0.0883. The first-order valence-electron chi connectivity index (χ1n) is 10.3. The molecular weight excluding hydrogens is 552 g/mol. The molecule has 2 amide bonds. The normalized spacial score (nSPS) is 10.6. The number of carbonyl (C=O) groups is 2. The SMILES string of the molecule is CCCOc1cc(C(NC(=O)c2cccc(Br)c2)NC(=O)c2cccc(Br)c2)ccc1OC. The molecule has 3 aromatic rings. The summed E-state index contributed by atoms with van der Waals surface area (Å²) in [6, 6.07) is 19.4. The predicted octanol–water partition coefficient (Wildman–Crippen LogP) is 5.87. The molecule has 2 N–H and O–H groups in total. The van der Waals surface area contributed by atoms with Gasteiger partial charge in [0.15, 0.2) is 11.5 Å². The van der Waals surface area contributed by atoms with E-state index in [2.05, 4.69) is 42.5 Å². The van der Waals surface area contributed by atoms with E-state index in [9.17, 15) is 9.59 Å². The van der Waals surface area contributed by atoms with E-state index in [0.29, 0.717) is 34.8 Å². The number of amides is 2. The number of halogens is 2. The standard InChI is InChI=1S/C25H24Br2N2O4/c1-3-12-33-22-15-16(10-11-21(22)32-2)23(28-24(30)17-6-4-8-19(26)13-17)29-25(31)18-7-5-9-20(27)14-18/h4-11,13-15,23H,3,12H2,1-2H3,(H,28,30)(H,29,31). The Morgan fingerprint density at radius 2 is 1.42 bits per heavy atom. The number of methoxy groups -OCH3 is 1. The van der Waals surface area contributed by atoms with E-state index < -0.39 is 6.17 Å². The lowest BCUT2D eigenvalue weighted by atomic mass is 10.1. The number of hydrogen-bond acceptors (Lipinski definition) is 4. The summed E-state index contributed by atoms with van der Waals surface area (Å²) in [5, 5.41) is 5.83. The number of hydrogen-bond donors (Lipinski definition) is 2. The van der Waals surface area contributed by atoms with Crippen LogP contribution in [0.15, 0.2) is 75.7 Å². The molecule has 0 atom stereocenters. The second kappa shape index (κ2) is 11.9. The van der Waals surface area contributed by atoms with Crippen LogP contribution in [0.2, 0.25) is 0 Å². The van der Waals surface area contributed by atoms with Gasteiger partial charge in [0.25, 0.3) is 11.8 Å². The van der Waals surface area contributed by atoms with Crippen molar-refractivity contribution >= 4 is 43.7 Å². The van der Waals surface area contributed by atoms with Crippen molar-refractivity contribution in [3.8, 4) is 11.5 Å². The van der Waals surface area contributed by atoms with Gasteiger partial charge >= 0.3 is 0 Å². The third-order valence-electron chi connectivity index (χ3n) is 4.71. The largest absolute Gasteiger partial charge is 0.493 e. The molecule has 8 heteroatoms. The molecule has 0 heterocycles. The van der Waals surface area contributed by atoms with E-state index in [1.807, 2.05) is 19.1 Å². The van der Waals surface area contributed by atoms with Crippen LogP contribution in [-0.2, 0) is 0 Å². The van der Waals surface area contributed by atoms with Crippen molar-refractivity contribution in [2.75, 3.05) is 13.7 Å². The average Bonchev–Trinajstić information content (AvgIpc) is 2.82. The smallest absolute Gasteiger partial charge is 0.253 e. The van der Waals surface area contributed by atoms with Gasteiger partial charge in [0.05, 0.1) is 13.7 Å². The molecule has 33 heavy (non-hydrogen) atoms. The van der Waals surface area contributed by atoms with Crippen LogP contribution in [0, 0.1) is 0 Å². The van der Waals surface area contributed by atoms with Gasteiger partial charge in [-0.15, -0.1) is 0 Å². The molecule has 0 saturated heterocycles. The zero-order chi connectivity index (χ0) is 23.8. The molecule has 0 saturated carbocycles. The van der Waals surface area contributed by atoms with Crippen molar-refractivity contribution in [2.45, 2.75) is 19.5 Å². The van der Waals surface area contributed by atoms with Gasteiger partial charge in [-0.3, -0.25) is 9.59 Å². The van der Waals surface area contributed by atoms with E-state index in [0.717, 1.165) is 15.4 Å². The Labute approximate surface area is 209 Å². The Morgan fingerprint density at radius 3 is 1.91 bits per heavy atom. The van der Waals surface area contributed by atoms with Crippen molar-refractivity contribution in [3.05, 3.63) is 92.4 Å². The van der Waals surface area contributed by atoms with Crippen LogP contribution in [0.4, 0.5) is 0 Å². The topological polar surface area (TPSA) is 76.7 Å². The van der Waals surface area contributed by atoms with Gasteiger partial charge in [-0.05, 0) is 60.5 Å². The van der Waals surface area contributed by atoms with Gasteiger partial charge in [0.1, 0.15) is 6.17 Å². The highest BCUT2D eigenvalue weighted by Crippen LogP contribution is 2.30. The molecule has 172 valence electrons. The first-order chi connectivity index (χ1) is 15.9. The molecule has 0 fully saturated rings. The summed E-state index contributed by atoms with van der Waals surface area (Å²) in [7, 11) is 1.56. The number of benzene rings is 3. The minimum atomic E-state index is -0.808. The van der Waals surface area contributed by atoms with Crippen LogP contribution in [0.5, 0.6) is 11.5 Å². The monoisotopic (exact) mass is 574 g/mol. The van der Waals surface area contributed by atoms with Crippen LogP contribution >= 0.6 is 31.9 Å². The fourth-order valence-corrected chi connectivity index (χ4v) is 3.89. The third-order valence-corrected chi connectivity index (χ3v) is 5.69. The van der Waals surface area contributed by atoms with Crippen molar-refractivity contribution in [1.82, 2.24) is 10.6 Å². The summed E-state index contributed by atoms with van der Waals surface area (Å²) >= 11 is 6.77. The molecule has 0 aliphatic carbocycles. The summed E-state index contributed by atoms with van der Waals surface area (Å²) in [5.74, 6) is 0.447. The molecule has 0 aliphatic rings. The minimum Gasteiger partial charge on any atom is -0.493 e. The van der Waals surface area contributed by atoms with Crippen LogP contribution in [0.25, 0.3) is 0 Å². The van der Waals surface area contributed by atoms with Crippen LogP contribution in [0.1, 0.15) is 45.8 Å². The fraction of sp³-hybridized carbons (Fsp3) is 0.200. The summed E-state index contributed by atoms with van der Waals surface area (Å²) in [6.45, 7) is 2.52. The quantitative estimate of drug-likeness (QED) is 0.313. The molecule has 0 aromatic heterocycles. The van der Waals surface area contributed by atoms with Crippen molar-refractivity contribution in [3.63, 3.8) is 0 Å². The predicted molar refractivity (Wildman–Crippen MR) is 135 cm³/mol. The van der Waals surface area contributed by atoms with E-state index in [4.69, 9.17) is 9.47 Å².